The maximum atomic E-state index is 12.4. The lowest BCUT2D eigenvalue weighted by molar-refractivity contribution is -0.129. The SMILES string of the molecule is COc1ccc(CNC(=O)[C@H](C)OC(=O)c2c[nH]c3ccccc23)cc1OC. The number of benzene rings is 2. The number of fused-ring (bicyclic) bond motifs is 1. The van der Waals surface area contributed by atoms with E-state index in [1.807, 2.05) is 30.3 Å². The highest BCUT2D eigenvalue weighted by Gasteiger charge is 2.21. The van der Waals surface area contributed by atoms with Crippen molar-refractivity contribution in [3.05, 3.63) is 59.8 Å². The Labute approximate surface area is 162 Å². The highest BCUT2D eigenvalue weighted by Crippen LogP contribution is 2.27. The molecule has 0 aliphatic heterocycles. The van der Waals surface area contributed by atoms with Crippen molar-refractivity contribution in [3.63, 3.8) is 0 Å². The van der Waals surface area contributed by atoms with E-state index in [0.717, 1.165) is 16.5 Å². The van der Waals surface area contributed by atoms with Gasteiger partial charge in [-0.3, -0.25) is 4.79 Å². The molecule has 0 aliphatic rings. The van der Waals surface area contributed by atoms with Gasteiger partial charge in [-0.05, 0) is 30.7 Å². The van der Waals surface area contributed by atoms with Gasteiger partial charge in [0.15, 0.2) is 17.6 Å². The van der Waals surface area contributed by atoms with E-state index in [2.05, 4.69) is 10.3 Å². The van der Waals surface area contributed by atoms with Crippen LogP contribution in [0.2, 0.25) is 0 Å². The van der Waals surface area contributed by atoms with Crippen LogP contribution in [0.4, 0.5) is 0 Å². The summed E-state index contributed by atoms with van der Waals surface area (Å²) in [5.41, 5.74) is 2.07. The van der Waals surface area contributed by atoms with Crippen molar-refractivity contribution in [2.45, 2.75) is 19.6 Å². The molecular weight excluding hydrogens is 360 g/mol. The Bertz CT molecular complexity index is 995. The summed E-state index contributed by atoms with van der Waals surface area (Å²) >= 11 is 0. The average Bonchev–Trinajstić information content (AvgIpc) is 3.15. The predicted molar refractivity (Wildman–Crippen MR) is 105 cm³/mol. The first kappa shape index (κ1) is 19.3. The van der Waals surface area contributed by atoms with Crippen LogP contribution >= 0.6 is 0 Å². The molecule has 0 bridgehead atoms. The second kappa shape index (κ2) is 8.47. The molecule has 7 heteroatoms. The molecule has 0 spiro atoms. The van der Waals surface area contributed by atoms with Crippen LogP contribution in [0.1, 0.15) is 22.8 Å². The Morgan fingerprint density at radius 2 is 1.82 bits per heavy atom. The molecule has 28 heavy (non-hydrogen) atoms. The topological polar surface area (TPSA) is 89.6 Å². The molecule has 0 fully saturated rings. The molecule has 3 rings (SSSR count). The van der Waals surface area contributed by atoms with Gasteiger partial charge in [0.05, 0.1) is 19.8 Å². The van der Waals surface area contributed by atoms with Crippen molar-refractivity contribution in [1.29, 1.82) is 0 Å². The fraction of sp³-hybridized carbons (Fsp3) is 0.238. The summed E-state index contributed by atoms with van der Waals surface area (Å²) in [5.74, 6) is 0.251. The van der Waals surface area contributed by atoms with Crippen LogP contribution in [0.3, 0.4) is 0 Å². The van der Waals surface area contributed by atoms with Crippen molar-refractivity contribution in [1.82, 2.24) is 10.3 Å². The Kier molecular flexibility index (Phi) is 5.84. The molecule has 7 nitrogen and oxygen atoms in total. The lowest BCUT2D eigenvalue weighted by Crippen LogP contribution is -2.35. The molecule has 3 aromatic rings. The van der Waals surface area contributed by atoms with E-state index in [1.165, 1.54) is 6.92 Å². The maximum Gasteiger partial charge on any atom is 0.341 e. The smallest absolute Gasteiger partial charge is 0.341 e. The number of carbonyl (C=O) groups excluding carboxylic acids is 2. The van der Waals surface area contributed by atoms with E-state index in [0.29, 0.717) is 17.1 Å². The van der Waals surface area contributed by atoms with Crippen LogP contribution in [-0.2, 0) is 16.1 Å². The molecule has 2 aromatic carbocycles. The van der Waals surface area contributed by atoms with E-state index in [9.17, 15) is 9.59 Å². The van der Waals surface area contributed by atoms with Crippen molar-refractivity contribution >= 4 is 22.8 Å². The standard InChI is InChI=1S/C21H22N2O5/c1-13(28-21(25)16-12-22-17-7-5-4-6-15(16)17)20(24)23-11-14-8-9-18(26-2)19(10-14)27-3/h4-10,12-13,22H,11H2,1-3H3,(H,23,24)/t13-/m0/s1. The number of para-hydroxylation sites is 1. The van der Waals surface area contributed by atoms with Crippen LogP contribution in [0.15, 0.2) is 48.7 Å². The van der Waals surface area contributed by atoms with Gasteiger partial charge in [-0.1, -0.05) is 24.3 Å². The third kappa shape index (κ3) is 4.09. The van der Waals surface area contributed by atoms with Crippen LogP contribution in [0.5, 0.6) is 11.5 Å². The summed E-state index contributed by atoms with van der Waals surface area (Å²) in [4.78, 5) is 27.7. The van der Waals surface area contributed by atoms with Gasteiger partial charge in [0.25, 0.3) is 5.91 Å². The monoisotopic (exact) mass is 382 g/mol. The first-order valence-electron chi connectivity index (χ1n) is 8.79. The Hall–Kier alpha value is -3.48. The van der Waals surface area contributed by atoms with E-state index in [1.54, 1.807) is 32.5 Å². The molecule has 1 aromatic heterocycles. The minimum atomic E-state index is -0.929. The van der Waals surface area contributed by atoms with Crippen molar-refractivity contribution in [2.75, 3.05) is 14.2 Å². The van der Waals surface area contributed by atoms with Gasteiger partial charge in [0.2, 0.25) is 0 Å². The minimum Gasteiger partial charge on any atom is -0.493 e. The molecule has 1 atom stereocenters. The van der Waals surface area contributed by atoms with E-state index in [4.69, 9.17) is 14.2 Å². The maximum absolute atomic E-state index is 12.4. The number of rotatable bonds is 7. The number of ether oxygens (including phenoxy) is 3. The molecule has 2 N–H and O–H groups in total. The highest BCUT2D eigenvalue weighted by molar-refractivity contribution is 6.04. The van der Waals surface area contributed by atoms with E-state index >= 15 is 0 Å². The van der Waals surface area contributed by atoms with Crippen LogP contribution < -0.4 is 14.8 Å². The summed E-state index contributed by atoms with van der Waals surface area (Å²) in [6.07, 6.45) is 0.655. The van der Waals surface area contributed by atoms with E-state index in [-0.39, 0.29) is 12.5 Å². The number of nitrogens with one attached hydrogen (secondary N) is 2. The number of hydrogen-bond donors (Lipinski definition) is 2. The number of aromatic nitrogens is 1. The van der Waals surface area contributed by atoms with Gasteiger partial charge in [0, 0.05) is 23.6 Å². The van der Waals surface area contributed by atoms with Crippen LogP contribution in [0.25, 0.3) is 10.9 Å². The summed E-state index contributed by atoms with van der Waals surface area (Å²) in [6, 6.07) is 12.8. The van der Waals surface area contributed by atoms with Gasteiger partial charge in [-0.2, -0.15) is 0 Å². The second-order valence-corrected chi connectivity index (χ2v) is 6.20. The van der Waals surface area contributed by atoms with Gasteiger partial charge < -0.3 is 24.5 Å². The first-order valence-corrected chi connectivity index (χ1v) is 8.79. The van der Waals surface area contributed by atoms with Crippen LogP contribution in [0, 0.1) is 0 Å². The third-order valence-electron chi connectivity index (χ3n) is 4.38. The highest BCUT2D eigenvalue weighted by atomic mass is 16.5. The van der Waals surface area contributed by atoms with Gasteiger partial charge in [-0.15, -0.1) is 0 Å². The van der Waals surface area contributed by atoms with Gasteiger partial charge in [-0.25, -0.2) is 4.79 Å². The zero-order valence-corrected chi connectivity index (χ0v) is 15.9. The molecule has 0 saturated carbocycles. The Balaban J connectivity index is 1.59. The quantitative estimate of drug-likeness (QED) is 0.613. The van der Waals surface area contributed by atoms with E-state index < -0.39 is 12.1 Å². The molecule has 146 valence electrons. The Morgan fingerprint density at radius 3 is 2.57 bits per heavy atom. The molecule has 0 saturated heterocycles. The first-order chi connectivity index (χ1) is 13.5. The summed E-state index contributed by atoms with van der Waals surface area (Å²) in [5, 5.41) is 3.51. The number of methoxy groups -OCH3 is 2. The number of H-pyrrole nitrogens is 1. The molecule has 0 radical (unpaired) electrons. The summed E-state index contributed by atoms with van der Waals surface area (Å²) < 4.78 is 15.8. The second-order valence-electron chi connectivity index (χ2n) is 6.20. The zero-order chi connectivity index (χ0) is 20.1. The largest absolute Gasteiger partial charge is 0.493 e. The number of esters is 1. The lowest BCUT2D eigenvalue weighted by Gasteiger charge is -2.14. The third-order valence-corrected chi connectivity index (χ3v) is 4.38. The van der Waals surface area contributed by atoms with Crippen LogP contribution in [-0.4, -0.2) is 37.2 Å². The van der Waals surface area contributed by atoms with Crippen molar-refractivity contribution < 1.29 is 23.8 Å². The molecule has 1 heterocycles. The number of carbonyl (C=O) groups is 2. The number of hydrogen-bond acceptors (Lipinski definition) is 5. The minimum absolute atomic E-state index is 0.272. The average molecular weight is 382 g/mol. The zero-order valence-electron chi connectivity index (χ0n) is 15.9. The fourth-order valence-electron chi connectivity index (χ4n) is 2.84. The Morgan fingerprint density at radius 1 is 1.07 bits per heavy atom. The van der Waals surface area contributed by atoms with Crippen molar-refractivity contribution in [3.8, 4) is 11.5 Å². The molecule has 0 unspecified atom stereocenters. The van der Waals surface area contributed by atoms with Crippen molar-refractivity contribution in [2.24, 2.45) is 0 Å². The van der Waals surface area contributed by atoms with Gasteiger partial charge in [0.1, 0.15) is 0 Å². The number of amides is 1. The summed E-state index contributed by atoms with van der Waals surface area (Å²) in [7, 11) is 3.11. The molecular formula is C21H22N2O5. The normalized spacial score (nSPS) is 11.7. The summed E-state index contributed by atoms with van der Waals surface area (Å²) in [6.45, 7) is 1.81. The lowest BCUT2D eigenvalue weighted by atomic mass is 10.2. The van der Waals surface area contributed by atoms with Gasteiger partial charge >= 0.3 is 5.97 Å². The number of aromatic amines is 1. The fourth-order valence-corrected chi connectivity index (χ4v) is 2.84. The molecule has 0 aliphatic carbocycles. The molecule has 1 amide bonds. The predicted octanol–water partition coefficient (Wildman–Crippen LogP) is 3.05.